The summed E-state index contributed by atoms with van der Waals surface area (Å²) in [4.78, 5) is 12.1. The number of carbonyl (C=O) groups is 1. The Kier molecular flexibility index (Phi) is 4.37. The molecule has 1 fully saturated rings. The molecule has 1 aromatic carbocycles. The van der Waals surface area contributed by atoms with E-state index in [1.807, 2.05) is 6.92 Å². The van der Waals surface area contributed by atoms with E-state index >= 15 is 0 Å². The summed E-state index contributed by atoms with van der Waals surface area (Å²) < 4.78 is 18.6. The molecule has 2 unspecified atom stereocenters. The minimum Gasteiger partial charge on any atom is -0.497 e. The Hall–Kier alpha value is -1.62. The zero-order valence-corrected chi connectivity index (χ0v) is 11.2. The van der Waals surface area contributed by atoms with E-state index in [9.17, 15) is 9.18 Å². The van der Waals surface area contributed by atoms with Crippen LogP contribution in [0.1, 0.15) is 26.2 Å². The van der Waals surface area contributed by atoms with E-state index in [4.69, 9.17) is 4.74 Å². The van der Waals surface area contributed by atoms with Crippen molar-refractivity contribution in [1.29, 1.82) is 0 Å². The number of benzene rings is 1. The molecule has 19 heavy (non-hydrogen) atoms. The Labute approximate surface area is 112 Å². The van der Waals surface area contributed by atoms with E-state index in [0.29, 0.717) is 11.8 Å². The summed E-state index contributed by atoms with van der Waals surface area (Å²) in [5.41, 5.74) is 0.157. The smallest absolute Gasteiger partial charge is 0.241 e. The van der Waals surface area contributed by atoms with Crippen LogP contribution < -0.4 is 15.4 Å². The van der Waals surface area contributed by atoms with Crippen LogP contribution in [0.5, 0.6) is 5.75 Å². The minimum atomic E-state index is -0.460. The van der Waals surface area contributed by atoms with Crippen molar-refractivity contribution >= 4 is 11.6 Å². The van der Waals surface area contributed by atoms with Crippen molar-refractivity contribution < 1.29 is 13.9 Å². The van der Waals surface area contributed by atoms with Crippen molar-refractivity contribution in [2.45, 2.75) is 38.3 Å². The van der Waals surface area contributed by atoms with Crippen molar-refractivity contribution in [3.63, 3.8) is 0 Å². The minimum absolute atomic E-state index is 0.157. The SMILES string of the molecule is COc1ccc(F)c(NC(=O)C2CCCC(C)N2)c1. The number of halogens is 1. The number of hydrogen-bond acceptors (Lipinski definition) is 3. The van der Waals surface area contributed by atoms with E-state index in [0.717, 1.165) is 19.3 Å². The summed E-state index contributed by atoms with van der Waals surface area (Å²) in [5, 5.41) is 5.84. The van der Waals surface area contributed by atoms with Gasteiger partial charge in [-0.25, -0.2) is 4.39 Å². The predicted molar refractivity (Wildman–Crippen MR) is 71.8 cm³/mol. The first-order valence-corrected chi connectivity index (χ1v) is 6.50. The van der Waals surface area contributed by atoms with Gasteiger partial charge in [-0.15, -0.1) is 0 Å². The lowest BCUT2D eigenvalue weighted by molar-refractivity contribution is -0.118. The first kappa shape index (κ1) is 13.8. The summed E-state index contributed by atoms with van der Waals surface area (Å²) in [6.07, 6.45) is 2.85. The standard InChI is InChI=1S/C14H19FN2O2/c1-9-4-3-5-12(16-9)14(18)17-13-8-10(19-2)6-7-11(13)15/h6-9,12,16H,3-5H2,1-2H3,(H,17,18). The Morgan fingerprint density at radius 1 is 1.47 bits per heavy atom. The van der Waals surface area contributed by atoms with Gasteiger partial charge in [0.15, 0.2) is 0 Å². The third-order valence-corrected chi connectivity index (χ3v) is 3.36. The third kappa shape index (κ3) is 3.44. The maximum absolute atomic E-state index is 13.6. The fraction of sp³-hybridized carbons (Fsp3) is 0.500. The first-order valence-electron chi connectivity index (χ1n) is 6.50. The molecule has 5 heteroatoms. The number of rotatable bonds is 3. The molecule has 1 saturated heterocycles. The van der Waals surface area contributed by atoms with Crippen molar-refractivity contribution in [2.24, 2.45) is 0 Å². The molecule has 104 valence electrons. The van der Waals surface area contributed by atoms with Gasteiger partial charge in [-0.05, 0) is 38.3 Å². The molecule has 1 aliphatic rings. The number of anilines is 1. The zero-order chi connectivity index (χ0) is 13.8. The molecular formula is C14H19FN2O2. The van der Waals surface area contributed by atoms with Gasteiger partial charge in [0, 0.05) is 12.1 Å². The van der Waals surface area contributed by atoms with Crippen molar-refractivity contribution in [3.8, 4) is 5.75 Å². The van der Waals surface area contributed by atoms with Crippen LogP contribution in [0.2, 0.25) is 0 Å². The number of carbonyl (C=O) groups excluding carboxylic acids is 1. The monoisotopic (exact) mass is 266 g/mol. The summed E-state index contributed by atoms with van der Waals surface area (Å²) >= 11 is 0. The molecule has 1 heterocycles. The second kappa shape index (κ2) is 6.02. The molecule has 0 aromatic heterocycles. The lowest BCUT2D eigenvalue weighted by Crippen LogP contribution is -2.47. The highest BCUT2D eigenvalue weighted by atomic mass is 19.1. The number of methoxy groups -OCH3 is 1. The molecule has 2 atom stereocenters. The van der Waals surface area contributed by atoms with E-state index in [2.05, 4.69) is 10.6 Å². The summed E-state index contributed by atoms with van der Waals surface area (Å²) in [6, 6.07) is 4.35. The van der Waals surface area contributed by atoms with Gasteiger partial charge in [0.05, 0.1) is 18.8 Å². The van der Waals surface area contributed by atoms with Gasteiger partial charge in [-0.3, -0.25) is 4.79 Å². The highest BCUT2D eigenvalue weighted by Crippen LogP contribution is 2.22. The fourth-order valence-corrected chi connectivity index (χ4v) is 2.29. The molecule has 2 rings (SSSR count). The topological polar surface area (TPSA) is 50.4 Å². The van der Waals surface area contributed by atoms with Gasteiger partial charge < -0.3 is 15.4 Å². The molecule has 2 N–H and O–H groups in total. The maximum atomic E-state index is 13.6. The molecule has 0 aliphatic carbocycles. The number of nitrogens with one attached hydrogen (secondary N) is 2. The summed E-state index contributed by atoms with van der Waals surface area (Å²) in [6.45, 7) is 2.05. The van der Waals surface area contributed by atoms with E-state index in [1.165, 1.54) is 25.3 Å². The Morgan fingerprint density at radius 2 is 2.26 bits per heavy atom. The highest BCUT2D eigenvalue weighted by molar-refractivity contribution is 5.95. The van der Waals surface area contributed by atoms with Gasteiger partial charge in [-0.2, -0.15) is 0 Å². The lowest BCUT2D eigenvalue weighted by atomic mass is 9.99. The molecule has 4 nitrogen and oxygen atoms in total. The second-order valence-electron chi connectivity index (χ2n) is 4.89. The lowest BCUT2D eigenvalue weighted by Gasteiger charge is -2.27. The number of amides is 1. The Balaban J connectivity index is 2.05. The average molecular weight is 266 g/mol. The van der Waals surface area contributed by atoms with E-state index in [1.54, 1.807) is 0 Å². The second-order valence-corrected chi connectivity index (χ2v) is 4.89. The summed E-state index contributed by atoms with van der Waals surface area (Å²) in [7, 11) is 1.50. The first-order chi connectivity index (χ1) is 9.10. The summed E-state index contributed by atoms with van der Waals surface area (Å²) in [5.74, 6) is -0.140. The van der Waals surface area contributed by atoms with Gasteiger partial charge in [-0.1, -0.05) is 0 Å². The van der Waals surface area contributed by atoms with Gasteiger partial charge in [0.25, 0.3) is 0 Å². The van der Waals surface area contributed by atoms with Crippen LogP contribution in [0.3, 0.4) is 0 Å². The van der Waals surface area contributed by atoms with Gasteiger partial charge in [0.2, 0.25) is 5.91 Å². The van der Waals surface area contributed by atoms with Crippen LogP contribution >= 0.6 is 0 Å². The largest absolute Gasteiger partial charge is 0.497 e. The van der Waals surface area contributed by atoms with Crippen LogP contribution in [-0.4, -0.2) is 25.1 Å². The molecule has 1 amide bonds. The highest BCUT2D eigenvalue weighted by Gasteiger charge is 2.24. The maximum Gasteiger partial charge on any atom is 0.241 e. The van der Waals surface area contributed by atoms with Crippen LogP contribution in [0.15, 0.2) is 18.2 Å². The third-order valence-electron chi connectivity index (χ3n) is 3.36. The van der Waals surface area contributed by atoms with Crippen molar-refractivity contribution in [1.82, 2.24) is 5.32 Å². The molecule has 0 radical (unpaired) electrons. The number of ether oxygens (including phenoxy) is 1. The molecule has 0 saturated carbocycles. The molecular weight excluding hydrogens is 247 g/mol. The van der Waals surface area contributed by atoms with Gasteiger partial charge in [0.1, 0.15) is 11.6 Å². The zero-order valence-electron chi connectivity index (χ0n) is 11.2. The van der Waals surface area contributed by atoms with Gasteiger partial charge >= 0.3 is 0 Å². The Morgan fingerprint density at radius 3 is 2.95 bits per heavy atom. The van der Waals surface area contributed by atoms with Crippen molar-refractivity contribution in [2.75, 3.05) is 12.4 Å². The Bertz CT molecular complexity index is 465. The number of piperidine rings is 1. The van der Waals surface area contributed by atoms with E-state index < -0.39 is 5.82 Å². The molecule has 0 spiro atoms. The normalized spacial score (nSPS) is 22.9. The van der Waals surface area contributed by atoms with Crippen LogP contribution in [0.4, 0.5) is 10.1 Å². The molecule has 1 aromatic rings. The molecule has 1 aliphatic heterocycles. The van der Waals surface area contributed by atoms with Crippen LogP contribution in [0, 0.1) is 5.82 Å². The fourth-order valence-electron chi connectivity index (χ4n) is 2.29. The van der Waals surface area contributed by atoms with Crippen LogP contribution in [0.25, 0.3) is 0 Å². The number of hydrogen-bond donors (Lipinski definition) is 2. The van der Waals surface area contributed by atoms with Crippen LogP contribution in [-0.2, 0) is 4.79 Å². The average Bonchev–Trinajstić information content (AvgIpc) is 2.41. The quantitative estimate of drug-likeness (QED) is 0.882. The van der Waals surface area contributed by atoms with Crippen molar-refractivity contribution in [3.05, 3.63) is 24.0 Å². The predicted octanol–water partition coefficient (Wildman–Crippen LogP) is 2.30. The van der Waals surface area contributed by atoms with E-state index in [-0.39, 0.29) is 17.6 Å². The molecule has 0 bridgehead atoms.